The van der Waals surface area contributed by atoms with Crippen molar-refractivity contribution in [1.29, 1.82) is 5.26 Å². The molecule has 0 radical (unpaired) electrons. The fraction of sp³-hybridized carbons (Fsp3) is 0.227. The normalized spacial score (nSPS) is 16.4. The number of carbonyl (C=O) groups excluding carboxylic acids is 1. The van der Waals surface area contributed by atoms with Crippen LogP contribution in [0.15, 0.2) is 52.3 Å². The molecular weight excluding hydrogens is 505 g/mol. The maximum absolute atomic E-state index is 13.5. The molecule has 7 nitrogen and oxygen atoms in total. The zero-order valence-electron chi connectivity index (χ0n) is 17.4. The predicted molar refractivity (Wildman–Crippen MR) is 129 cm³/mol. The molecular formula is C22H18Cl2N3O4S2+. The first kappa shape index (κ1) is 23.7. The molecule has 0 aromatic heterocycles. The molecule has 4 rings (SSSR count). The third-order valence-electron chi connectivity index (χ3n) is 5.19. The van der Waals surface area contributed by atoms with Crippen LogP contribution < -0.4 is 4.74 Å². The number of rotatable bonds is 5. The second-order valence-corrected chi connectivity index (χ2v) is 11.1. The maximum atomic E-state index is 13.5. The number of halogens is 2. The van der Waals surface area contributed by atoms with Gasteiger partial charge in [-0.15, -0.1) is 0 Å². The summed E-state index contributed by atoms with van der Waals surface area (Å²) in [6, 6.07) is 10.7. The van der Waals surface area contributed by atoms with Gasteiger partial charge in [-0.2, -0.15) is 9.57 Å². The summed E-state index contributed by atoms with van der Waals surface area (Å²) in [6.45, 7) is 2.68. The Morgan fingerprint density at radius 3 is 2.30 bits per heavy atom. The lowest BCUT2D eigenvalue weighted by atomic mass is 10.2. The van der Waals surface area contributed by atoms with Gasteiger partial charge in [0.1, 0.15) is 16.4 Å². The van der Waals surface area contributed by atoms with Crippen molar-refractivity contribution in [2.24, 2.45) is 0 Å². The van der Waals surface area contributed by atoms with Crippen LogP contribution in [0.1, 0.15) is 12.5 Å². The van der Waals surface area contributed by atoms with E-state index in [-0.39, 0.29) is 54.0 Å². The van der Waals surface area contributed by atoms with E-state index in [4.69, 9.17) is 27.9 Å². The highest BCUT2D eigenvalue weighted by Gasteiger charge is 2.38. The summed E-state index contributed by atoms with van der Waals surface area (Å²) < 4.78 is 34.1. The molecule has 0 bridgehead atoms. The number of benzene rings is 2. The Kier molecular flexibility index (Phi) is 6.75. The van der Waals surface area contributed by atoms with Crippen LogP contribution in [0.4, 0.5) is 0 Å². The smallest absolute Gasteiger partial charge is 0.312 e. The summed E-state index contributed by atoms with van der Waals surface area (Å²) >= 11 is 13.4. The number of nitriles is 1. The highest BCUT2D eigenvalue weighted by atomic mass is 35.5. The van der Waals surface area contributed by atoms with Crippen molar-refractivity contribution in [2.45, 2.75) is 11.8 Å². The number of hydrogen-bond acceptors (Lipinski definition) is 5. The minimum absolute atomic E-state index is 0.0491. The summed E-state index contributed by atoms with van der Waals surface area (Å²) in [4.78, 5) is 14.8. The first-order valence-corrected chi connectivity index (χ1v) is 12.9. The fourth-order valence-corrected chi connectivity index (χ4v) is 6.22. The van der Waals surface area contributed by atoms with Gasteiger partial charge in [0.15, 0.2) is 0 Å². The van der Waals surface area contributed by atoms with Crippen molar-refractivity contribution < 1.29 is 17.9 Å². The van der Waals surface area contributed by atoms with Crippen molar-refractivity contribution in [3.05, 3.63) is 63.0 Å². The van der Waals surface area contributed by atoms with Crippen LogP contribution in [-0.2, 0) is 26.2 Å². The highest BCUT2D eigenvalue weighted by Crippen LogP contribution is 2.34. The number of hydrogen-bond donors (Lipinski definition) is 0. The Hall–Kier alpha value is -2.48. The van der Waals surface area contributed by atoms with Gasteiger partial charge in [0.25, 0.3) is 0 Å². The Bertz CT molecular complexity index is 1320. The van der Waals surface area contributed by atoms with Crippen LogP contribution in [0.5, 0.6) is 11.5 Å². The molecule has 1 fully saturated rings. The van der Waals surface area contributed by atoms with Gasteiger partial charge in [-0.3, -0.25) is 4.79 Å². The lowest BCUT2D eigenvalue weighted by Gasteiger charge is -2.33. The van der Waals surface area contributed by atoms with Crippen LogP contribution in [0, 0.1) is 11.3 Å². The SMILES string of the molecule is CC1=C[S+]=C1C(=O)N1CCN(S(=O)(=O)c2cc(C#N)ccc2Oc2cc(Cl)cc(Cl)c2)CC1. The standard InChI is InChI=1S/C22H18Cl2N3O4S2/c1-14-13-32-21(14)22(28)26-4-6-27(7-5-26)33(29,30)20-8-15(12-25)2-3-19(20)31-18-10-16(23)9-17(24)11-18/h2-3,8-11,13H,4-7H2,1H3/q+1. The van der Waals surface area contributed by atoms with Crippen molar-refractivity contribution in [2.75, 3.05) is 26.2 Å². The van der Waals surface area contributed by atoms with E-state index < -0.39 is 10.0 Å². The molecule has 0 saturated carbocycles. The molecule has 0 spiro atoms. The molecule has 33 heavy (non-hydrogen) atoms. The van der Waals surface area contributed by atoms with E-state index in [1.165, 1.54) is 52.1 Å². The van der Waals surface area contributed by atoms with Gasteiger partial charge < -0.3 is 9.64 Å². The van der Waals surface area contributed by atoms with Gasteiger partial charge in [0.2, 0.25) is 26.8 Å². The summed E-state index contributed by atoms with van der Waals surface area (Å²) in [6.07, 6.45) is 0. The first-order valence-electron chi connectivity index (χ1n) is 9.87. The van der Waals surface area contributed by atoms with Gasteiger partial charge in [-0.1, -0.05) is 23.2 Å². The van der Waals surface area contributed by atoms with Crippen LogP contribution >= 0.6 is 23.2 Å². The fourth-order valence-electron chi connectivity index (χ4n) is 3.45. The number of nitrogens with zero attached hydrogens (tertiary/aromatic N) is 3. The van der Waals surface area contributed by atoms with Crippen LogP contribution in [-0.4, -0.2) is 54.6 Å². The molecule has 11 heteroatoms. The van der Waals surface area contributed by atoms with E-state index in [0.29, 0.717) is 14.9 Å². The molecule has 1 amide bonds. The third-order valence-corrected chi connectivity index (χ3v) is 8.75. The molecule has 2 heterocycles. The first-order chi connectivity index (χ1) is 15.7. The van der Waals surface area contributed by atoms with E-state index in [2.05, 4.69) is 0 Å². The van der Waals surface area contributed by atoms with E-state index in [1.807, 2.05) is 18.4 Å². The van der Waals surface area contributed by atoms with Crippen LogP contribution in [0.3, 0.4) is 0 Å². The highest BCUT2D eigenvalue weighted by molar-refractivity contribution is 7.89. The van der Waals surface area contributed by atoms with Crippen LogP contribution in [0.25, 0.3) is 0 Å². The summed E-state index contributed by atoms with van der Waals surface area (Å²) in [5, 5.41) is 11.9. The van der Waals surface area contributed by atoms with Gasteiger partial charge in [-0.25, -0.2) is 8.42 Å². The molecule has 170 valence electrons. The van der Waals surface area contributed by atoms with E-state index in [1.54, 1.807) is 4.90 Å². The predicted octanol–water partition coefficient (Wildman–Crippen LogP) is 3.66. The minimum atomic E-state index is -4.01. The number of sulfonamides is 1. The lowest BCUT2D eigenvalue weighted by molar-refractivity contribution is -0.124. The van der Waals surface area contributed by atoms with Crippen molar-refractivity contribution >= 4 is 55.3 Å². The Labute approximate surface area is 205 Å². The summed E-state index contributed by atoms with van der Waals surface area (Å²) in [7, 11) is -4.01. The number of piperazine rings is 1. The second kappa shape index (κ2) is 9.41. The lowest BCUT2D eigenvalue weighted by Crippen LogP contribution is -2.52. The molecule has 2 aliphatic rings. The zero-order chi connectivity index (χ0) is 23.8. The zero-order valence-corrected chi connectivity index (χ0v) is 20.6. The Morgan fingerprint density at radius 1 is 1.09 bits per heavy atom. The summed E-state index contributed by atoms with van der Waals surface area (Å²) in [5.74, 6) is 0.237. The molecule has 0 aliphatic carbocycles. The largest absolute Gasteiger partial charge is 0.456 e. The van der Waals surface area contributed by atoms with Crippen molar-refractivity contribution in [3.63, 3.8) is 0 Å². The quantitative estimate of drug-likeness (QED) is 0.441. The minimum Gasteiger partial charge on any atom is -0.456 e. The molecule has 2 aromatic carbocycles. The molecule has 1 saturated heterocycles. The van der Waals surface area contributed by atoms with Crippen molar-refractivity contribution in [1.82, 2.24) is 9.21 Å². The van der Waals surface area contributed by atoms with E-state index in [0.717, 1.165) is 5.57 Å². The van der Waals surface area contributed by atoms with Gasteiger partial charge in [-0.05, 0) is 43.3 Å². The summed E-state index contributed by atoms with van der Waals surface area (Å²) in [5.41, 5.74) is 1.12. The molecule has 0 unspecified atom stereocenters. The number of carbonyl (C=O) groups is 1. The Morgan fingerprint density at radius 2 is 1.76 bits per heavy atom. The molecule has 0 N–H and O–H groups in total. The number of amides is 1. The number of ether oxygens (including phenoxy) is 1. The van der Waals surface area contributed by atoms with E-state index >= 15 is 0 Å². The average Bonchev–Trinajstić information content (AvgIpc) is 2.77. The monoisotopic (exact) mass is 522 g/mol. The van der Waals surface area contributed by atoms with Gasteiger partial charge >= 0.3 is 10.8 Å². The second-order valence-electron chi connectivity index (χ2n) is 7.42. The molecule has 2 aromatic rings. The molecule has 0 atom stereocenters. The topological polar surface area (TPSA) is 90.7 Å². The maximum Gasteiger partial charge on any atom is 0.312 e. The van der Waals surface area contributed by atoms with Gasteiger partial charge in [0, 0.05) is 36.2 Å². The molecule has 2 aliphatic heterocycles. The van der Waals surface area contributed by atoms with E-state index in [9.17, 15) is 18.5 Å². The average molecular weight is 523 g/mol. The third kappa shape index (κ3) is 4.90. The van der Waals surface area contributed by atoms with Gasteiger partial charge in [0.05, 0.1) is 17.2 Å². The van der Waals surface area contributed by atoms with Crippen molar-refractivity contribution in [3.8, 4) is 17.6 Å². The van der Waals surface area contributed by atoms with Crippen LogP contribution in [0.2, 0.25) is 10.0 Å². The Balaban J connectivity index is 1.58.